The molecule has 0 amide bonds. The predicted molar refractivity (Wildman–Crippen MR) is 77.4 cm³/mol. The molecule has 0 unspecified atom stereocenters. The standard InChI is InChI=1S/C14H11BrFNO4/c1-6-5-21-12-10(15)9(16)4-7-3-8(14(19)20-2)13(18)17(6)11(7)12/h3-4,6H,5H2,1-2H3/t6-/m0/s1. The van der Waals surface area contributed by atoms with Gasteiger partial charge in [0.1, 0.15) is 18.0 Å². The summed E-state index contributed by atoms with van der Waals surface area (Å²) < 4.78 is 25.7. The number of nitrogens with zero attached hydrogens (tertiary/aromatic N) is 1. The average molecular weight is 356 g/mol. The number of ether oxygens (including phenoxy) is 2. The number of pyridine rings is 1. The van der Waals surface area contributed by atoms with Crippen LogP contribution in [0.5, 0.6) is 5.75 Å². The van der Waals surface area contributed by atoms with Gasteiger partial charge < -0.3 is 9.47 Å². The van der Waals surface area contributed by atoms with E-state index in [0.29, 0.717) is 10.9 Å². The van der Waals surface area contributed by atoms with Gasteiger partial charge in [0.25, 0.3) is 5.56 Å². The van der Waals surface area contributed by atoms with Crippen LogP contribution in [0, 0.1) is 5.82 Å². The van der Waals surface area contributed by atoms with Crippen LogP contribution in [0.1, 0.15) is 23.3 Å². The molecule has 0 aliphatic carbocycles. The third-order valence-corrected chi connectivity index (χ3v) is 4.22. The van der Waals surface area contributed by atoms with Crippen LogP contribution in [0.3, 0.4) is 0 Å². The van der Waals surface area contributed by atoms with Crippen LogP contribution in [0.25, 0.3) is 10.9 Å². The molecule has 2 aromatic rings. The molecule has 0 spiro atoms. The van der Waals surface area contributed by atoms with Crippen LogP contribution in [0.15, 0.2) is 21.4 Å². The molecule has 110 valence electrons. The van der Waals surface area contributed by atoms with Crippen molar-refractivity contribution in [2.75, 3.05) is 13.7 Å². The first-order chi connectivity index (χ1) is 9.95. The highest BCUT2D eigenvalue weighted by atomic mass is 79.9. The molecule has 21 heavy (non-hydrogen) atoms. The molecule has 0 saturated carbocycles. The molecule has 7 heteroatoms. The summed E-state index contributed by atoms with van der Waals surface area (Å²) in [7, 11) is 1.20. The topological polar surface area (TPSA) is 57.5 Å². The maximum absolute atomic E-state index is 13.9. The quantitative estimate of drug-likeness (QED) is 0.738. The third-order valence-electron chi connectivity index (χ3n) is 3.48. The summed E-state index contributed by atoms with van der Waals surface area (Å²) in [5.74, 6) is -0.987. The zero-order valence-electron chi connectivity index (χ0n) is 11.3. The lowest BCUT2D eigenvalue weighted by atomic mass is 10.1. The number of benzene rings is 1. The monoisotopic (exact) mass is 355 g/mol. The molecule has 1 aliphatic heterocycles. The molecule has 1 aromatic heterocycles. The Morgan fingerprint density at radius 2 is 2.24 bits per heavy atom. The molecule has 0 saturated heterocycles. The molecule has 3 rings (SSSR count). The number of halogens is 2. The maximum atomic E-state index is 13.9. The summed E-state index contributed by atoms with van der Waals surface area (Å²) >= 11 is 3.13. The van der Waals surface area contributed by atoms with E-state index in [9.17, 15) is 14.0 Å². The van der Waals surface area contributed by atoms with Crippen molar-refractivity contribution < 1.29 is 18.7 Å². The summed E-state index contributed by atoms with van der Waals surface area (Å²) in [5.41, 5.74) is -0.115. The minimum absolute atomic E-state index is 0.119. The van der Waals surface area contributed by atoms with Gasteiger partial charge in [-0.15, -0.1) is 0 Å². The van der Waals surface area contributed by atoms with Crippen LogP contribution in [0.2, 0.25) is 0 Å². The van der Waals surface area contributed by atoms with Crippen LogP contribution >= 0.6 is 15.9 Å². The van der Waals surface area contributed by atoms with Gasteiger partial charge in [0.15, 0.2) is 5.75 Å². The first-order valence-electron chi connectivity index (χ1n) is 6.24. The van der Waals surface area contributed by atoms with Crippen LogP contribution in [-0.4, -0.2) is 24.3 Å². The van der Waals surface area contributed by atoms with Crippen molar-refractivity contribution in [1.29, 1.82) is 0 Å². The molecular weight excluding hydrogens is 345 g/mol. The van der Waals surface area contributed by atoms with E-state index < -0.39 is 17.3 Å². The summed E-state index contributed by atoms with van der Waals surface area (Å²) in [4.78, 5) is 24.2. The lowest BCUT2D eigenvalue weighted by Crippen LogP contribution is -2.34. The van der Waals surface area contributed by atoms with Gasteiger partial charge in [-0.05, 0) is 35.0 Å². The normalized spacial score (nSPS) is 16.7. The van der Waals surface area contributed by atoms with Crippen molar-refractivity contribution in [3.63, 3.8) is 0 Å². The van der Waals surface area contributed by atoms with E-state index in [1.807, 2.05) is 0 Å². The van der Waals surface area contributed by atoms with Gasteiger partial charge in [-0.3, -0.25) is 9.36 Å². The fraction of sp³-hybridized carbons (Fsp3) is 0.286. The van der Waals surface area contributed by atoms with Gasteiger partial charge in [0.2, 0.25) is 0 Å². The second kappa shape index (κ2) is 4.84. The molecule has 1 atom stereocenters. The van der Waals surface area contributed by atoms with Crippen molar-refractivity contribution in [2.24, 2.45) is 0 Å². The summed E-state index contributed by atoms with van der Waals surface area (Å²) in [6.07, 6.45) is 0. The van der Waals surface area contributed by atoms with Crippen LogP contribution in [-0.2, 0) is 4.74 Å². The highest BCUT2D eigenvalue weighted by Crippen LogP contribution is 2.39. The Morgan fingerprint density at radius 1 is 1.52 bits per heavy atom. The minimum Gasteiger partial charge on any atom is -0.488 e. The van der Waals surface area contributed by atoms with Crippen molar-refractivity contribution in [3.8, 4) is 5.75 Å². The van der Waals surface area contributed by atoms with E-state index in [2.05, 4.69) is 20.7 Å². The molecule has 5 nitrogen and oxygen atoms in total. The van der Waals surface area contributed by atoms with Gasteiger partial charge in [-0.25, -0.2) is 9.18 Å². The van der Waals surface area contributed by atoms with Gasteiger partial charge >= 0.3 is 5.97 Å². The lowest BCUT2D eigenvalue weighted by Gasteiger charge is -2.27. The number of rotatable bonds is 1. The van der Waals surface area contributed by atoms with E-state index in [1.54, 1.807) is 6.92 Å². The van der Waals surface area contributed by atoms with Gasteiger partial charge in [0.05, 0.1) is 23.1 Å². The summed E-state index contributed by atoms with van der Waals surface area (Å²) in [6, 6.07) is 2.32. The fourth-order valence-corrected chi connectivity index (χ4v) is 2.92. The van der Waals surface area contributed by atoms with Gasteiger partial charge in [-0.1, -0.05) is 0 Å². The summed E-state index contributed by atoms with van der Waals surface area (Å²) in [5, 5.41) is 0.414. The smallest absolute Gasteiger partial charge is 0.343 e. The molecule has 0 radical (unpaired) electrons. The van der Waals surface area contributed by atoms with E-state index in [-0.39, 0.29) is 28.4 Å². The molecule has 2 heterocycles. The van der Waals surface area contributed by atoms with Crippen molar-refractivity contribution in [1.82, 2.24) is 4.57 Å². The Bertz CT molecular complexity index is 830. The lowest BCUT2D eigenvalue weighted by molar-refractivity contribution is 0.0597. The van der Waals surface area contributed by atoms with E-state index >= 15 is 0 Å². The second-order valence-corrected chi connectivity index (χ2v) is 5.62. The van der Waals surface area contributed by atoms with Crippen LogP contribution < -0.4 is 10.3 Å². The maximum Gasteiger partial charge on any atom is 0.343 e. The number of methoxy groups -OCH3 is 1. The number of esters is 1. The first kappa shape index (κ1) is 14.1. The van der Waals surface area contributed by atoms with E-state index in [1.165, 1.54) is 23.8 Å². The number of carbonyl (C=O) groups is 1. The fourth-order valence-electron chi connectivity index (χ4n) is 2.51. The van der Waals surface area contributed by atoms with Crippen molar-refractivity contribution in [3.05, 3.63) is 38.3 Å². The van der Waals surface area contributed by atoms with E-state index in [0.717, 1.165) is 0 Å². The number of carbonyl (C=O) groups excluding carboxylic acids is 1. The molecule has 0 N–H and O–H groups in total. The molecule has 0 bridgehead atoms. The Morgan fingerprint density at radius 3 is 2.90 bits per heavy atom. The van der Waals surface area contributed by atoms with Gasteiger partial charge in [-0.2, -0.15) is 0 Å². The predicted octanol–water partition coefficient (Wildman–Crippen LogP) is 2.64. The Labute approximate surface area is 127 Å². The molecular formula is C14H11BrFNO4. The first-order valence-corrected chi connectivity index (χ1v) is 7.03. The zero-order valence-corrected chi connectivity index (χ0v) is 12.9. The summed E-state index contributed by atoms with van der Waals surface area (Å²) in [6.45, 7) is 2.01. The number of aromatic nitrogens is 1. The van der Waals surface area contributed by atoms with Crippen LogP contribution in [0.4, 0.5) is 4.39 Å². The Kier molecular flexibility index (Phi) is 3.24. The Balaban J connectivity index is 2.51. The average Bonchev–Trinajstić information content (AvgIpc) is 2.47. The zero-order chi connectivity index (χ0) is 15.3. The second-order valence-electron chi connectivity index (χ2n) is 4.82. The highest BCUT2D eigenvalue weighted by molar-refractivity contribution is 9.10. The molecule has 0 fully saturated rings. The third kappa shape index (κ3) is 1.95. The largest absolute Gasteiger partial charge is 0.488 e. The molecule has 1 aliphatic rings. The minimum atomic E-state index is -0.741. The Hall–Kier alpha value is -1.89. The van der Waals surface area contributed by atoms with Gasteiger partial charge in [0, 0.05) is 5.39 Å². The van der Waals surface area contributed by atoms with E-state index in [4.69, 9.17) is 4.74 Å². The molecule has 1 aromatic carbocycles. The van der Waals surface area contributed by atoms with Crippen molar-refractivity contribution >= 4 is 32.8 Å². The highest BCUT2D eigenvalue weighted by Gasteiger charge is 2.27. The number of hydrogen-bond acceptors (Lipinski definition) is 4. The number of hydrogen-bond donors (Lipinski definition) is 0. The SMILES string of the molecule is COC(=O)c1cc2cc(F)c(Br)c3c2n(c1=O)[C@@H](C)CO3. The van der Waals surface area contributed by atoms with Crippen molar-refractivity contribution in [2.45, 2.75) is 13.0 Å².